The molecule has 1 atom stereocenters. The van der Waals surface area contributed by atoms with Crippen molar-refractivity contribution in [2.45, 2.75) is 25.2 Å². The van der Waals surface area contributed by atoms with Gasteiger partial charge in [-0.05, 0) is 56.0 Å². The van der Waals surface area contributed by atoms with Crippen LogP contribution in [0.1, 0.15) is 49.3 Å². The molecular formula is C15H22N2O. The number of hydrogen-bond acceptors (Lipinski definition) is 2. The molecule has 0 spiro atoms. The van der Waals surface area contributed by atoms with E-state index < -0.39 is 19.9 Å². The molecule has 1 aromatic carbocycles. The molecule has 0 bridgehead atoms. The average Bonchev–Trinajstić information content (AvgIpc) is 2.73. The first-order valence-electron chi connectivity index (χ1n) is 9.26. The van der Waals surface area contributed by atoms with Gasteiger partial charge in [-0.25, -0.2) is 0 Å². The minimum Gasteiger partial charge on any atom is -0.345 e. The van der Waals surface area contributed by atoms with Gasteiger partial charge in [0, 0.05) is 27.7 Å². The van der Waals surface area contributed by atoms with Crippen molar-refractivity contribution in [2.75, 3.05) is 27.0 Å². The second kappa shape index (κ2) is 6.01. The van der Waals surface area contributed by atoms with Gasteiger partial charge in [0.05, 0.1) is 0 Å². The molecule has 2 rings (SSSR count). The van der Waals surface area contributed by atoms with Crippen molar-refractivity contribution in [2.24, 2.45) is 0 Å². The molecule has 98 valence electrons. The predicted octanol–water partition coefficient (Wildman–Crippen LogP) is 2.25. The van der Waals surface area contributed by atoms with Gasteiger partial charge in [0.2, 0.25) is 0 Å². The van der Waals surface area contributed by atoms with Crippen molar-refractivity contribution in [1.29, 1.82) is 0 Å². The summed E-state index contributed by atoms with van der Waals surface area (Å²) in [6.07, 6.45) is 3.14. The Kier molecular flexibility index (Phi) is 2.43. The van der Waals surface area contributed by atoms with Gasteiger partial charge < -0.3 is 10.2 Å². The third-order valence-corrected chi connectivity index (χ3v) is 3.41. The summed E-state index contributed by atoms with van der Waals surface area (Å²) in [7, 11) is 0. The molecule has 1 N–H and O–H groups in total. The van der Waals surface area contributed by atoms with Crippen LogP contribution in [0.4, 0.5) is 0 Å². The van der Waals surface area contributed by atoms with Gasteiger partial charge in [-0.3, -0.25) is 4.79 Å². The lowest BCUT2D eigenvalue weighted by molar-refractivity contribution is 0.0827. The van der Waals surface area contributed by atoms with Crippen LogP contribution in [0.25, 0.3) is 0 Å². The highest BCUT2D eigenvalue weighted by molar-refractivity contribution is 5.93. The maximum absolute atomic E-state index is 12.4. The molecule has 0 aromatic heterocycles. The molecule has 1 heterocycles. The minimum absolute atomic E-state index is 0.00935. The SMILES string of the molecule is [2H]C([2H])([2H])N(C(=O)c1ccc(C2CCCNCC2)cc1)C([2H])([2H])[2H]. The van der Waals surface area contributed by atoms with Gasteiger partial charge in [-0.2, -0.15) is 0 Å². The third kappa shape index (κ3) is 3.10. The van der Waals surface area contributed by atoms with Gasteiger partial charge in [-0.1, -0.05) is 12.1 Å². The molecule has 3 nitrogen and oxygen atoms in total. The fourth-order valence-electron chi connectivity index (χ4n) is 2.38. The highest BCUT2D eigenvalue weighted by Gasteiger charge is 2.15. The number of hydrogen-bond donors (Lipinski definition) is 1. The Labute approximate surface area is 118 Å². The van der Waals surface area contributed by atoms with Crippen LogP contribution in [0.3, 0.4) is 0 Å². The van der Waals surface area contributed by atoms with Crippen LogP contribution in [-0.2, 0) is 0 Å². The Hall–Kier alpha value is -1.35. The van der Waals surface area contributed by atoms with E-state index in [9.17, 15) is 4.79 Å². The molecule has 1 aromatic rings. The Bertz CT molecular complexity index is 545. The first kappa shape index (κ1) is 7.29. The van der Waals surface area contributed by atoms with Crippen LogP contribution in [0, 0.1) is 0 Å². The first-order valence-corrected chi connectivity index (χ1v) is 6.26. The summed E-state index contributed by atoms with van der Waals surface area (Å²) in [4.78, 5) is 12.4. The van der Waals surface area contributed by atoms with Crippen molar-refractivity contribution < 1.29 is 13.0 Å². The summed E-state index contributed by atoms with van der Waals surface area (Å²) in [6.45, 7) is -4.10. The maximum Gasteiger partial charge on any atom is 0.253 e. The molecule has 1 unspecified atom stereocenters. The highest BCUT2D eigenvalue weighted by Crippen LogP contribution is 2.26. The zero-order valence-corrected chi connectivity index (χ0v) is 10.3. The first-order chi connectivity index (χ1) is 11.1. The summed E-state index contributed by atoms with van der Waals surface area (Å²) >= 11 is 0. The smallest absolute Gasteiger partial charge is 0.253 e. The lowest BCUT2D eigenvalue weighted by atomic mass is 9.91. The van der Waals surface area contributed by atoms with Crippen molar-refractivity contribution in [3.63, 3.8) is 0 Å². The van der Waals surface area contributed by atoms with Gasteiger partial charge in [0.25, 0.3) is 5.91 Å². The number of carbonyl (C=O) groups excluding carboxylic acids is 1. The predicted molar refractivity (Wildman–Crippen MR) is 73.9 cm³/mol. The number of rotatable bonds is 2. The van der Waals surface area contributed by atoms with E-state index >= 15 is 0 Å². The summed E-state index contributed by atoms with van der Waals surface area (Å²) in [5.41, 5.74) is 1.15. The fraction of sp³-hybridized carbons (Fsp3) is 0.533. The lowest BCUT2D eigenvalue weighted by Crippen LogP contribution is -2.21. The quantitative estimate of drug-likeness (QED) is 0.875. The van der Waals surface area contributed by atoms with Crippen LogP contribution in [0.2, 0.25) is 0 Å². The van der Waals surface area contributed by atoms with Crippen LogP contribution in [0.15, 0.2) is 24.3 Å². The van der Waals surface area contributed by atoms with Gasteiger partial charge in [0.1, 0.15) is 0 Å². The van der Waals surface area contributed by atoms with E-state index in [1.807, 2.05) is 0 Å². The molecule has 18 heavy (non-hydrogen) atoms. The Morgan fingerprint density at radius 2 is 2.06 bits per heavy atom. The maximum atomic E-state index is 12.4. The molecule has 0 radical (unpaired) electrons. The van der Waals surface area contributed by atoms with Crippen LogP contribution >= 0.6 is 0 Å². The zero-order valence-electron chi connectivity index (χ0n) is 16.3. The molecule has 0 aliphatic carbocycles. The largest absolute Gasteiger partial charge is 0.345 e. The van der Waals surface area contributed by atoms with Gasteiger partial charge in [0.15, 0.2) is 0 Å². The van der Waals surface area contributed by atoms with E-state index in [2.05, 4.69) is 5.32 Å². The van der Waals surface area contributed by atoms with E-state index in [-0.39, 0.29) is 10.5 Å². The fourth-order valence-corrected chi connectivity index (χ4v) is 2.38. The zero-order chi connectivity index (χ0) is 18.0. The van der Waals surface area contributed by atoms with Crippen molar-refractivity contribution in [3.05, 3.63) is 35.4 Å². The Morgan fingerprint density at radius 3 is 2.78 bits per heavy atom. The highest BCUT2D eigenvalue weighted by atomic mass is 16.2. The van der Waals surface area contributed by atoms with Crippen molar-refractivity contribution >= 4 is 5.91 Å². The molecule has 1 saturated heterocycles. The number of carbonyl (C=O) groups is 1. The summed E-state index contributed by atoms with van der Waals surface area (Å²) in [6, 6.07) is 6.61. The number of benzene rings is 1. The number of amides is 1. The van der Waals surface area contributed by atoms with Gasteiger partial charge >= 0.3 is 0 Å². The molecule has 0 saturated carbocycles. The van der Waals surface area contributed by atoms with E-state index in [0.29, 0.717) is 5.92 Å². The molecule has 1 amide bonds. The van der Waals surface area contributed by atoms with Crippen LogP contribution < -0.4 is 5.32 Å². The normalized spacial score (nSPS) is 26.6. The standard InChI is InChI=1S/C15H22N2O/c1-17(2)15(18)14-7-5-13(6-8-14)12-4-3-10-16-11-9-12/h5-8,12,16H,3-4,9-11H2,1-2H3/i1D3,2D3. The molecule has 1 fully saturated rings. The third-order valence-electron chi connectivity index (χ3n) is 3.41. The van der Waals surface area contributed by atoms with E-state index in [1.54, 1.807) is 12.1 Å². The van der Waals surface area contributed by atoms with E-state index in [0.717, 1.165) is 37.9 Å². The number of nitrogens with one attached hydrogen (secondary N) is 1. The molecule has 3 heteroatoms. The van der Waals surface area contributed by atoms with Crippen molar-refractivity contribution in [1.82, 2.24) is 10.2 Å². The van der Waals surface area contributed by atoms with E-state index in [1.165, 1.54) is 12.1 Å². The molecule has 1 aliphatic rings. The minimum atomic E-state index is -3.02. The van der Waals surface area contributed by atoms with Crippen LogP contribution in [-0.4, -0.2) is 37.8 Å². The molecular weight excluding hydrogens is 224 g/mol. The van der Waals surface area contributed by atoms with Gasteiger partial charge in [-0.15, -0.1) is 0 Å². The Balaban J connectivity index is 2.21. The van der Waals surface area contributed by atoms with E-state index in [4.69, 9.17) is 8.22 Å². The van der Waals surface area contributed by atoms with Crippen LogP contribution in [0.5, 0.6) is 0 Å². The molecule has 1 aliphatic heterocycles. The summed E-state index contributed by atoms with van der Waals surface area (Å²) in [5.74, 6) is -0.616. The number of nitrogens with zero attached hydrogens (tertiary/aromatic N) is 1. The van der Waals surface area contributed by atoms with Crippen molar-refractivity contribution in [3.8, 4) is 0 Å². The lowest BCUT2D eigenvalue weighted by Gasteiger charge is -2.15. The Morgan fingerprint density at radius 1 is 1.28 bits per heavy atom. The summed E-state index contributed by atoms with van der Waals surface area (Å²) in [5, 5.41) is 3.34. The topological polar surface area (TPSA) is 32.3 Å². The second-order valence-corrected chi connectivity index (χ2v) is 4.64. The second-order valence-electron chi connectivity index (χ2n) is 4.64. The average molecular weight is 252 g/mol. The summed E-state index contributed by atoms with van der Waals surface area (Å²) < 4.78 is 43.9. The monoisotopic (exact) mass is 252 g/mol.